The Balaban J connectivity index is 2.48. The van der Waals surface area contributed by atoms with Crippen molar-refractivity contribution in [1.82, 2.24) is 10.2 Å². The summed E-state index contributed by atoms with van der Waals surface area (Å²) in [7, 11) is -2.29. The molecular formula is C27H39N3O6S. The lowest BCUT2D eigenvalue weighted by Gasteiger charge is -2.33. The minimum absolute atomic E-state index is 0.0647. The van der Waals surface area contributed by atoms with Gasteiger partial charge in [-0.3, -0.25) is 13.9 Å². The van der Waals surface area contributed by atoms with Crippen LogP contribution in [-0.4, -0.2) is 63.7 Å². The highest BCUT2D eigenvalue weighted by atomic mass is 32.2. The lowest BCUT2D eigenvalue weighted by atomic mass is 10.1. The Hall–Kier alpha value is -3.27. The number of hydrogen-bond donors (Lipinski definition) is 1. The summed E-state index contributed by atoms with van der Waals surface area (Å²) < 4.78 is 37.6. The quantitative estimate of drug-likeness (QED) is 0.398. The van der Waals surface area contributed by atoms with Crippen LogP contribution < -0.4 is 19.1 Å². The van der Waals surface area contributed by atoms with Gasteiger partial charge in [0.1, 0.15) is 24.1 Å². The fourth-order valence-electron chi connectivity index (χ4n) is 3.82. The van der Waals surface area contributed by atoms with E-state index in [4.69, 9.17) is 9.47 Å². The molecule has 2 atom stereocenters. The summed E-state index contributed by atoms with van der Waals surface area (Å²) in [5.41, 5.74) is 1.05. The van der Waals surface area contributed by atoms with Crippen LogP contribution in [0.25, 0.3) is 0 Å². The van der Waals surface area contributed by atoms with Gasteiger partial charge >= 0.3 is 0 Å². The van der Waals surface area contributed by atoms with Crippen LogP contribution in [0.15, 0.2) is 48.5 Å². The van der Waals surface area contributed by atoms with Gasteiger partial charge in [0.15, 0.2) is 0 Å². The van der Waals surface area contributed by atoms with Crippen LogP contribution in [0.4, 0.5) is 5.69 Å². The first kappa shape index (κ1) is 30.0. The summed E-state index contributed by atoms with van der Waals surface area (Å²) in [5, 5.41) is 2.96. The van der Waals surface area contributed by atoms with Gasteiger partial charge in [0.2, 0.25) is 21.8 Å². The van der Waals surface area contributed by atoms with Crippen LogP contribution in [0.2, 0.25) is 0 Å². The van der Waals surface area contributed by atoms with Crippen molar-refractivity contribution in [1.29, 1.82) is 0 Å². The zero-order valence-electron chi connectivity index (χ0n) is 22.6. The summed E-state index contributed by atoms with van der Waals surface area (Å²) >= 11 is 0. The topological polar surface area (TPSA) is 105 Å². The van der Waals surface area contributed by atoms with Gasteiger partial charge in [-0.1, -0.05) is 38.1 Å². The first-order valence-electron chi connectivity index (χ1n) is 12.5. The summed E-state index contributed by atoms with van der Waals surface area (Å²) in [6.45, 7) is 7.47. The number of nitrogens with zero attached hydrogens (tertiary/aromatic N) is 2. The van der Waals surface area contributed by atoms with Gasteiger partial charge in [-0.2, -0.15) is 0 Å². The van der Waals surface area contributed by atoms with Crippen LogP contribution in [0.1, 0.15) is 46.1 Å². The fraction of sp³-hybridized carbons (Fsp3) is 0.481. The lowest BCUT2D eigenvalue weighted by molar-refractivity contribution is -0.140. The zero-order chi connectivity index (χ0) is 27.6. The second kappa shape index (κ2) is 13.9. The van der Waals surface area contributed by atoms with E-state index < -0.39 is 28.5 Å². The predicted molar refractivity (Wildman–Crippen MR) is 145 cm³/mol. The van der Waals surface area contributed by atoms with E-state index in [1.165, 1.54) is 4.90 Å². The van der Waals surface area contributed by atoms with Gasteiger partial charge in [-0.15, -0.1) is 0 Å². The highest BCUT2D eigenvalue weighted by Gasteiger charge is 2.32. The minimum atomic E-state index is -3.86. The van der Waals surface area contributed by atoms with E-state index in [1.807, 2.05) is 32.9 Å². The molecule has 0 saturated carbocycles. The third kappa shape index (κ3) is 8.38. The summed E-state index contributed by atoms with van der Waals surface area (Å²) in [6, 6.07) is 13.0. The molecule has 0 aliphatic rings. The number of anilines is 1. The van der Waals surface area contributed by atoms with Crippen LogP contribution in [0, 0.1) is 0 Å². The molecule has 9 nitrogen and oxygen atoms in total. The van der Waals surface area contributed by atoms with E-state index in [-0.39, 0.29) is 24.2 Å². The van der Waals surface area contributed by atoms with Crippen LogP contribution in [0.5, 0.6) is 11.5 Å². The third-order valence-corrected chi connectivity index (χ3v) is 7.14. The number of sulfonamides is 1. The monoisotopic (exact) mass is 533 g/mol. The molecule has 2 aromatic carbocycles. The number of benzene rings is 2. The van der Waals surface area contributed by atoms with E-state index in [2.05, 4.69) is 5.32 Å². The molecule has 2 amide bonds. The molecule has 0 aliphatic carbocycles. The molecule has 1 N–H and O–H groups in total. The van der Waals surface area contributed by atoms with Crippen LogP contribution in [0.3, 0.4) is 0 Å². The maximum atomic E-state index is 13.8. The van der Waals surface area contributed by atoms with E-state index in [0.717, 1.165) is 22.5 Å². The standard InChI is InChI=1S/C27H39N3O6S/c1-7-20(4)28-27(32)23(8-2)29(18-21-14-16-22(35-5)17-15-21)26(31)19-30(37(6,33)34)24-12-10-11-13-25(24)36-9-3/h10-17,20,23H,7-9,18-19H2,1-6H3,(H,28,32)/t20-,23+/m1/s1. The molecule has 0 saturated heterocycles. The molecule has 2 rings (SSSR count). The highest BCUT2D eigenvalue weighted by Crippen LogP contribution is 2.30. The minimum Gasteiger partial charge on any atom is -0.497 e. The van der Waals surface area contributed by atoms with Gasteiger partial charge in [0.25, 0.3) is 0 Å². The van der Waals surface area contributed by atoms with Gasteiger partial charge < -0.3 is 19.7 Å². The molecule has 204 valence electrons. The van der Waals surface area contributed by atoms with E-state index in [9.17, 15) is 18.0 Å². The first-order valence-corrected chi connectivity index (χ1v) is 14.3. The summed E-state index contributed by atoms with van der Waals surface area (Å²) in [4.78, 5) is 28.4. The summed E-state index contributed by atoms with van der Waals surface area (Å²) in [5.74, 6) is 0.239. The maximum Gasteiger partial charge on any atom is 0.244 e. The summed E-state index contributed by atoms with van der Waals surface area (Å²) in [6.07, 6.45) is 2.15. The number of para-hydroxylation sites is 2. The molecule has 10 heteroatoms. The van der Waals surface area contributed by atoms with Crippen LogP contribution >= 0.6 is 0 Å². The third-order valence-electron chi connectivity index (χ3n) is 6.01. The van der Waals surface area contributed by atoms with E-state index in [0.29, 0.717) is 24.5 Å². The smallest absolute Gasteiger partial charge is 0.244 e. The number of rotatable bonds is 14. The Morgan fingerprint density at radius 1 is 1.00 bits per heavy atom. The molecule has 0 bridgehead atoms. The van der Waals surface area contributed by atoms with Crippen molar-refractivity contribution in [2.75, 3.05) is 30.8 Å². The SMILES string of the molecule is CCOc1ccccc1N(CC(=O)N(Cc1ccc(OC)cc1)[C@@H](CC)C(=O)N[C@H](C)CC)S(C)(=O)=O. The average Bonchev–Trinajstić information content (AvgIpc) is 2.87. The number of amides is 2. The molecule has 0 aliphatic heterocycles. The number of hydrogen-bond acceptors (Lipinski definition) is 6. The second-order valence-corrected chi connectivity index (χ2v) is 10.7. The maximum absolute atomic E-state index is 13.8. The Bertz CT molecular complexity index is 1140. The van der Waals surface area contributed by atoms with Crippen molar-refractivity contribution in [2.45, 2.75) is 59.2 Å². The van der Waals surface area contributed by atoms with Gasteiger partial charge in [0.05, 0.1) is 25.7 Å². The van der Waals surface area contributed by atoms with Crippen molar-refractivity contribution >= 4 is 27.5 Å². The Morgan fingerprint density at radius 3 is 2.19 bits per heavy atom. The van der Waals surface area contributed by atoms with E-state index >= 15 is 0 Å². The Kier molecular flexibility index (Phi) is 11.2. The number of methoxy groups -OCH3 is 1. The number of carbonyl (C=O) groups is 2. The molecular weight excluding hydrogens is 494 g/mol. The van der Waals surface area contributed by atoms with Crippen molar-refractivity contribution in [3.63, 3.8) is 0 Å². The Labute approximate surface area is 220 Å². The molecule has 0 aromatic heterocycles. The predicted octanol–water partition coefficient (Wildman–Crippen LogP) is 3.58. The largest absolute Gasteiger partial charge is 0.497 e. The van der Waals surface area contributed by atoms with Gasteiger partial charge in [-0.05, 0) is 56.5 Å². The van der Waals surface area contributed by atoms with Crippen molar-refractivity contribution in [3.05, 3.63) is 54.1 Å². The molecule has 37 heavy (non-hydrogen) atoms. The molecule has 0 heterocycles. The molecule has 0 unspecified atom stereocenters. The molecule has 2 aromatic rings. The number of nitrogens with one attached hydrogen (secondary N) is 1. The normalized spacial score (nSPS) is 12.8. The lowest BCUT2D eigenvalue weighted by Crippen LogP contribution is -2.53. The van der Waals surface area contributed by atoms with Crippen LogP contribution in [-0.2, 0) is 26.2 Å². The van der Waals surface area contributed by atoms with Gasteiger partial charge in [0, 0.05) is 12.6 Å². The second-order valence-electron chi connectivity index (χ2n) is 8.78. The molecule has 0 spiro atoms. The van der Waals surface area contributed by atoms with E-state index in [1.54, 1.807) is 50.4 Å². The Morgan fingerprint density at radius 2 is 1.65 bits per heavy atom. The average molecular weight is 534 g/mol. The molecule has 0 radical (unpaired) electrons. The fourth-order valence-corrected chi connectivity index (χ4v) is 4.68. The van der Waals surface area contributed by atoms with Crippen molar-refractivity contribution in [3.8, 4) is 11.5 Å². The van der Waals surface area contributed by atoms with Gasteiger partial charge in [-0.25, -0.2) is 8.42 Å². The number of carbonyl (C=O) groups excluding carboxylic acids is 2. The van der Waals surface area contributed by atoms with Crippen molar-refractivity contribution in [2.24, 2.45) is 0 Å². The number of ether oxygens (including phenoxy) is 2. The van der Waals surface area contributed by atoms with Crippen molar-refractivity contribution < 1.29 is 27.5 Å². The first-order chi connectivity index (χ1) is 17.5. The zero-order valence-corrected chi connectivity index (χ0v) is 23.4. The highest BCUT2D eigenvalue weighted by molar-refractivity contribution is 7.92. The molecule has 0 fully saturated rings.